The molecule has 4 nitrogen and oxygen atoms in total. The van der Waals surface area contributed by atoms with E-state index in [0.717, 1.165) is 5.56 Å². The van der Waals surface area contributed by atoms with Gasteiger partial charge in [-0.15, -0.1) is 0 Å². The monoisotopic (exact) mass is 272 g/mol. The van der Waals surface area contributed by atoms with E-state index in [1.807, 2.05) is 24.3 Å². The van der Waals surface area contributed by atoms with Gasteiger partial charge < -0.3 is 10.0 Å². The number of benzene rings is 1. The van der Waals surface area contributed by atoms with Gasteiger partial charge in [0, 0.05) is 12.7 Å². The van der Waals surface area contributed by atoms with E-state index in [1.54, 1.807) is 13.1 Å². The molecule has 0 saturated heterocycles. The van der Waals surface area contributed by atoms with E-state index in [2.05, 4.69) is 20.8 Å². The lowest BCUT2D eigenvalue weighted by Gasteiger charge is -2.21. The molecule has 0 saturated carbocycles. The molecule has 1 amide bonds. The number of nitrogens with zero attached hydrogens (tertiary/aromatic N) is 2. The van der Waals surface area contributed by atoms with E-state index in [4.69, 9.17) is 5.26 Å². The molecule has 0 radical (unpaired) electrons. The zero-order valence-corrected chi connectivity index (χ0v) is 12.6. The maximum Gasteiger partial charge on any atom is 0.272 e. The quantitative estimate of drug-likeness (QED) is 0.510. The van der Waals surface area contributed by atoms with E-state index in [1.165, 1.54) is 11.8 Å². The summed E-state index contributed by atoms with van der Waals surface area (Å²) in [6, 6.07) is 9.31. The molecule has 1 aromatic carbocycles. The van der Waals surface area contributed by atoms with Crippen LogP contribution in [0, 0.1) is 11.3 Å². The Morgan fingerprint density at radius 2 is 1.75 bits per heavy atom. The van der Waals surface area contributed by atoms with E-state index in [9.17, 15) is 9.90 Å². The molecule has 0 aliphatic heterocycles. The molecule has 0 aliphatic rings. The Hall–Kier alpha value is -2.28. The largest absolute Gasteiger partial charge is 0.511 e. The molecule has 1 aromatic rings. The third-order valence-electron chi connectivity index (χ3n) is 3.11. The van der Waals surface area contributed by atoms with Crippen LogP contribution in [0.25, 0.3) is 0 Å². The molecule has 106 valence electrons. The van der Waals surface area contributed by atoms with Crippen molar-refractivity contribution in [3.63, 3.8) is 0 Å². The van der Waals surface area contributed by atoms with Gasteiger partial charge in [0.25, 0.3) is 5.91 Å². The third-order valence-corrected chi connectivity index (χ3v) is 3.11. The van der Waals surface area contributed by atoms with E-state index < -0.39 is 5.91 Å². The standard InChI is InChI=1S/C16H20N2O2/c1-11(19)14(10-17)15(20)18(5)13-8-6-12(7-9-13)16(2,3)4/h6-9,19H,1-5H3/b14-11-. The average molecular weight is 272 g/mol. The Labute approximate surface area is 119 Å². The average Bonchev–Trinajstić information content (AvgIpc) is 2.37. The van der Waals surface area contributed by atoms with Crippen LogP contribution in [-0.4, -0.2) is 18.1 Å². The first-order valence-corrected chi connectivity index (χ1v) is 6.37. The normalized spacial score (nSPS) is 12.4. The molecule has 0 fully saturated rings. The molecule has 20 heavy (non-hydrogen) atoms. The van der Waals surface area contributed by atoms with Crippen LogP contribution in [0.4, 0.5) is 5.69 Å². The van der Waals surface area contributed by atoms with Crippen LogP contribution in [0.3, 0.4) is 0 Å². The van der Waals surface area contributed by atoms with Crippen molar-refractivity contribution in [2.75, 3.05) is 11.9 Å². The van der Waals surface area contributed by atoms with Crippen molar-refractivity contribution < 1.29 is 9.90 Å². The number of nitriles is 1. The number of likely N-dealkylation sites (N-methyl/N-ethyl adjacent to an activating group) is 1. The first-order valence-electron chi connectivity index (χ1n) is 6.37. The first kappa shape index (κ1) is 15.8. The maximum atomic E-state index is 12.1. The van der Waals surface area contributed by atoms with Crippen LogP contribution in [0.5, 0.6) is 0 Å². The van der Waals surface area contributed by atoms with Crippen LogP contribution in [-0.2, 0) is 10.2 Å². The number of amides is 1. The van der Waals surface area contributed by atoms with Crippen LogP contribution in [0.15, 0.2) is 35.6 Å². The fourth-order valence-electron chi connectivity index (χ4n) is 1.75. The number of aliphatic hydroxyl groups excluding tert-OH is 1. The van der Waals surface area contributed by atoms with Crippen LogP contribution < -0.4 is 4.90 Å². The van der Waals surface area contributed by atoms with Gasteiger partial charge in [-0.25, -0.2) is 0 Å². The summed E-state index contributed by atoms with van der Waals surface area (Å²) in [7, 11) is 1.58. The minimum absolute atomic E-state index is 0.0422. The number of carbonyl (C=O) groups is 1. The van der Waals surface area contributed by atoms with Crippen molar-refractivity contribution >= 4 is 11.6 Å². The molecular formula is C16H20N2O2. The fourth-order valence-corrected chi connectivity index (χ4v) is 1.75. The lowest BCUT2D eigenvalue weighted by atomic mass is 9.87. The fraction of sp³-hybridized carbons (Fsp3) is 0.375. The molecule has 4 heteroatoms. The van der Waals surface area contributed by atoms with Gasteiger partial charge in [0.1, 0.15) is 11.8 Å². The predicted molar refractivity (Wildman–Crippen MR) is 79.5 cm³/mol. The lowest BCUT2D eigenvalue weighted by molar-refractivity contribution is -0.114. The van der Waals surface area contributed by atoms with Crippen molar-refractivity contribution in [3.05, 3.63) is 41.2 Å². The van der Waals surface area contributed by atoms with E-state index in [0.29, 0.717) is 5.69 Å². The van der Waals surface area contributed by atoms with Crippen molar-refractivity contribution in [1.29, 1.82) is 5.26 Å². The topological polar surface area (TPSA) is 64.3 Å². The van der Waals surface area contributed by atoms with Gasteiger partial charge in [-0.3, -0.25) is 4.79 Å². The summed E-state index contributed by atoms with van der Waals surface area (Å²) in [4.78, 5) is 13.4. The zero-order valence-electron chi connectivity index (χ0n) is 12.6. The highest BCUT2D eigenvalue weighted by Crippen LogP contribution is 2.25. The third kappa shape index (κ3) is 3.39. The van der Waals surface area contributed by atoms with E-state index in [-0.39, 0.29) is 16.7 Å². The van der Waals surface area contributed by atoms with Crippen molar-refractivity contribution in [2.24, 2.45) is 0 Å². The summed E-state index contributed by atoms with van der Waals surface area (Å²) >= 11 is 0. The summed E-state index contributed by atoms with van der Waals surface area (Å²) in [5.41, 5.74) is 1.64. The second-order valence-corrected chi connectivity index (χ2v) is 5.73. The Kier molecular flexibility index (Phi) is 4.57. The molecule has 0 unspecified atom stereocenters. The number of hydrogen-bond donors (Lipinski definition) is 1. The summed E-state index contributed by atoms with van der Waals surface area (Å²) < 4.78 is 0. The molecule has 1 rings (SSSR count). The Bertz CT molecular complexity index is 568. The number of rotatable bonds is 2. The van der Waals surface area contributed by atoms with Gasteiger partial charge in [-0.1, -0.05) is 32.9 Å². The van der Waals surface area contributed by atoms with E-state index >= 15 is 0 Å². The number of anilines is 1. The summed E-state index contributed by atoms with van der Waals surface area (Å²) in [6.45, 7) is 7.67. The number of aliphatic hydroxyl groups is 1. The first-order chi connectivity index (χ1) is 9.18. The highest BCUT2D eigenvalue weighted by Gasteiger charge is 2.19. The Balaban J connectivity index is 3.06. The van der Waals surface area contributed by atoms with Gasteiger partial charge >= 0.3 is 0 Å². The SMILES string of the molecule is C/C(O)=C(\C#N)C(=O)N(C)c1ccc(C(C)(C)C)cc1. The predicted octanol–water partition coefficient (Wildman–Crippen LogP) is 3.30. The summed E-state index contributed by atoms with van der Waals surface area (Å²) in [5.74, 6) is -0.785. The smallest absolute Gasteiger partial charge is 0.272 e. The minimum atomic E-state index is -0.518. The molecular weight excluding hydrogens is 252 g/mol. The van der Waals surface area contributed by atoms with Crippen molar-refractivity contribution in [1.82, 2.24) is 0 Å². The Morgan fingerprint density at radius 3 is 2.10 bits per heavy atom. The Morgan fingerprint density at radius 1 is 1.25 bits per heavy atom. The number of allylic oxidation sites excluding steroid dienone is 1. The molecule has 0 heterocycles. The number of hydrogen-bond acceptors (Lipinski definition) is 3. The number of carbonyl (C=O) groups excluding carboxylic acids is 1. The zero-order chi connectivity index (χ0) is 15.5. The van der Waals surface area contributed by atoms with Crippen molar-refractivity contribution in [2.45, 2.75) is 33.1 Å². The molecule has 0 aliphatic carbocycles. The maximum absolute atomic E-state index is 12.1. The van der Waals surface area contributed by atoms with Crippen LogP contribution in [0.2, 0.25) is 0 Å². The lowest BCUT2D eigenvalue weighted by Crippen LogP contribution is -2.28. The van der Waals surface area contributed by atoms with Gasteiger partial charge in [0.2, 0.25) is 0 Å². The molecule has 0 bridgehead atoms. The molecule has 1 N–H and O–H groups in total. The molecule has 0 atom stereocenters. The summed E-state index contributed by atoms with van der Waals surface area (Å²) in [5, 5.41) is 18.2. The second kappa shape index (κ2) is 5.79. The van der Waals surface area contributed by atoms with Crippen molar-refractivity contribution in [3.8, 4) is 6.07 Å². The summed E-state index contributed by atoms with van der Waals surface area (Å²) in [6.07, 6.45) is 0. The molecule has 0 aromatic heterocycles. The van der Waals surface area contributed by atoms with Gasteiger partial charge in [-0.05, 0) is 30.0 Å². The minimum Gasteiger partial charge on any atom is -0.511 e. The molecule has 0 spiro atoms. The highest BCUT2D eigenvalue weighted by atomic mass is 16.3. The van der Waals surface area contributed by atoms with Gasteiger partial charge in [-0.2, -0.15) is 5.26 Å². The second-order valence-electron chi connectivity index (χ2n) is 5.73. The van der Waals surface area contributed by atoms with Gasteiger partial charge in [0.15, 0.2) is 5.57 Å². The van der Waals surface area contributed by atoms with Crippen LogP contribution in [0.1, 0.15) is 33.3 Å². The highest BCUT2D eigenvalue weighted by molar-refractivity contribution is 6.08. The van der Waals surface area contributed by atoms with Gasteiger partial charge in [0.05, 0.1) is 0 Å². The van der Waals surface area contributed by atoms with Crippen LogP contribution >= 0.6 is 0 Å².